The first-order valence-electron chi connectivity index (χ1n) is 5.04. The smallest absolute Gasteiger partial charge is 0.342 e. The zero-order chi connectivity index (χ0) is 11.1. The summed E-state index contributed by atoms with van der Waals surface area (Å²) in [5, 5.41) is 2.94. The highest BCUT2D eigenvalue weighted by molar-refractivity contribution is 5.80. The maximum absolute atomic E-state index is 12.3. The van der Waals surface area contributed by atoms with Crippen LogP contribution in [0.3, 0.4) is 0 Å². The summed E-state index contributed by atoms with van der Waals surface area (Å²) >= 11 is 0. The summed E-state index contributed by atoms with van der Waals surface area (Å²) in [6.45, 7) is 1.30. The molecular formula is C9H13F3N2O. The second-order valence-corrected chi connectivity index (χ2v) is 4.17. The van der Waals surface area contributed by atoms with Crippen molar-refractivity contribution in [1.82, 2.24) is 10.2 Å². The van der Waals surface area contributed by atoms with E-state index in [2.05, 4.69) is 5.32 Å². The van der Waals surface area contributed by atoms with Crippen LogP contribution in [-0.4, -0.2) is 43.2 Å². The molecule has 15 heavy (non-hydrogen) atoms. The monoisotopic (exact) mass is 222 g/mol. The van der Waals surface area contributed by atoms with E-state index in [1.54, 1.807) is 0 Å². The van der Waals surface area contributed by atoms with Gasteiger partial charge in [0.05, 0.1) is 11.8 Å². The average molecular weight is 222 g/mol. The molecule has 0 bridgehead atoms. The molecule has 0 aliphatic carbocycles. The van der Waals surface area contributed by atoms with Crippen molar-refractivity contribution in [2.75, 3.05) is 26.2 Å². The number of hydrogen-bond acceptors (Lipinski definition) is 2. The van der Waals surface area contributed by atoms with Gasteiger partial charge >= 0.3 is 6.18 Å². The molecule has 2 rings (SSSR count). The van der Waals surface area contributed by atoms with Crippen molar-refractivity contribution in [3.05, 3.63) is 0 Å². The number of nitrogens with one attached hydrogen (secondary N) is 1. The van der Waals surface area contributed by atoms with Crippen LogP contribution in [0.15, 0.2) is 0 Å². The van der Waals surface area contributed by atoms with Crippen LogP contribution in [-0.2, 0) is 4.79 Å². The number of carbonyl (C=O) groups is 1. The molecule has 2 saturated heterocycles. The van der Waals surface area contributed by atoms with Crippen molar-refractivity contribution in [2.45, 2.75) is 12.6 Å². The Morgan fingerprint density at radius 1 is 1.33 bits per heavy atom. The molecule has 86 valence electrons. The zero-order valence-electron chi connectivity index (χ0n) is 8.18. The third-order valence-corrected chi connectivity index (χ3v) is 3.09. The summed E-state index contributed by atoms with van der Waals surface area (Å²) in [4.78, 5) is 13.0. The minimum Gasteiger partial charge on any atom is -0.342 e. The fourth-order valence-electron chi connectivity index (χ4n) is 1.95. The van der Waals surface area contributed by atoms with E-state index >= 15 is 0 Å². The van der Waals surface area contributed by atoms with E-state index in [9.17, 15) is 18.0 Å². The molecule has 2 fully saturated rings. The van der Waals surface area contributed by atoms with Crippen LogP contribution in [0.2, 0.25) is 0 Å². The van der Waals surface area contributed by atoms with E-state index in [1.807, 2.05) is 0 Å². The third-order valence-electron chi connectivity index (χ3n) is 3.09. The Bertz CT molecular complexity index is 263. The summed E-state index contributed by atoms with van der Waals surface area (Å²) in [5.74, 6) is -1.55. The molecule has 0 radical (unpaired) electrons. The second kappa shape index (κ2) is 3.66. The molecule has 0 aromatic carbocycles. The molecule has 6 heteroatoms. The van der Waals surface area contributed by atoms with Gasteiger partial charge in [-0.3, -0.25) is 4.79 Å². The summed E-state index contributed by atoms with van der Waals surface area (Å²) in [7, 11) is 0. The van der Waals surface area contributed by atoms with Crippen molar-refractivity contribution in [2.24, 2.45) is 11.8 Å². The minimum absolute atomic E-state index is 0.0510. The largest absolute Gasteiger partial charge is 0.393 e. The van der Waals surface area contributed by atoms with Gasteiger partial charge in [-0.15, -0.1) is 0 Å². The Balaban J connectivity index is 1.89. The van der Waals surface area contributed by atoms with Gasteiger partial charge in [0.2, 0.25) is 5.91 Å². The Morgan fingerprint density at radius 2 is 2.00 bits per heavy atom. The molecule has 0 aromatic heterocycles. The van der Waals surface area contributed by atoms with Crippen molar-refractivity contribution in [1.29, 1.82) is 0 Å². The van der Waals surface area contributed by atoms with Crippen LogP contribution < -0.4 is 5.32 Å². The highest BCUT2D eigenvalue weighted by Gasteiger charge is 2.45. The maximum atomic E-state index is 12.3. The molecule has 2 heterocycles. The van der Waals surface area contributed by atoms with Gasteiger partial charge in [0.1, 0.15) is 0 Å². The molecule has 0 aromatic rings. The summed E-state index contributed by atoms with van der Waals surface area (Å²) in [6, 6.07) is 0. The topological polar surface area (TPSA) is 32.3 Å². The molecule has 1 N–H and O–H groups in total. The lowest BCUT2D eigenvalue weighted by Gasteiger charge is -2.30. The fraction of sp³-hybridized carbons (Fsp3) is 0.889. The van der Waals surface area contributed by atoms with Crippen LogP contribution in [0.4, 0.5) is 13.2 Å². The van der Waals surface area contributed by atoms with Gasteiger partial charge in [-0.05, 0) is 6.42 Å². The Hall–Kier alpha value is -0.780. The lowest BCUT2D eigenvalue weighted by Crippen LogP contribution is -2.51. The normalized spacial score (nSPS) is 27.9. The average Bonchev–Trinajstić information content (AvgIpc) is 2.46. The predicted molar refractivity (Wildman–Crippen MR) is 47.1 cm³/mol. The van der Waals surface area contributed by atoms with Gasteiger partial charge in [-0.2, -0.15) is 13.2 Å². The van der Waals surface area contributed by atoms with Gasteiger partial charge in [-0.1, -0.05) is 0 Å². The van der Waals surface area contributed by atoms with Gasteiger partial charge in [-0.25, -0.2) is 0 Å². The van der Waals surface area contributed by atoms with Crippen LogP contribution in [0, 0.1) is 11.8 Å². The number of nitrogens with zero attached hydrogens (tertiary/aromatic N) is 1. The zero-order valence-corrected chi connectivity index (χ0v) is 8.18. The number of likely N-dealkylation sites (tertiary alicyclic amines) is 1. The number of hydrogen-bond donors (Lipinski definition) is 1. The van der Waals surface area contributed by atoms with Crippen LogP contribution in [0.1, 0.15) is 6.42 Å². The summed E-state index contributed by atoms with van der Waals surface area (Å²) < 4.78 is 37.0. The minimum atomic E-state index is -4.16. The molecule has 2 aliphatic rings. The van der Waals surface area contributed by atoms with E-state index in [-0.39, 0.29) is 31.3 Å². The summed E-state index contributed by atoms with van der Waals surface area (Å²) in [6.07, 6.45) is -4.11. The van der Waals surface area contributed by atoms with Crippen molar-refractivity contribution >= 4 is 5.91 Å². The van der Waals surface area contributed by atoms with Gasteiger partial charge < -0.3 is 10.2 Å². The van der Waals surface area contributed by atoms with E-state index in [4.69, 9.17) is 0 Å². The first-order chi connectivity index (χ1) is 6.98. The van der Waals surface area contributed by atoms with Crippen LogP contribution in [0.25, 0.3) is 0 Å². The first-order valence-corrected chi connectivity index (χ1v) is 5.04. The Labute approximate surface area is 85.6 Å². The highest BCUT2D eigenvalue weighted by atomic mass is 19.4. The quantitative estimate of drug-likeness (QED) is 0.705. The number of alkyl halides is 3. The second-order valence-electron chi connectivity index (χ2n) is 4.17. The van der Waals surface area contributed by atoms with Crippen molar-refractivity contribution < 1.29 is 18.0 Å². The van der Waals surface area contributed by atoms with Gasteiger partial charge in [0.25, 0.3) is 0 Å². The standard InChI is InChI=1S/C9H13F3N2O/c10-9(11,12)7-1-2-14(5-7)8(15)6-3-13-4-6/h6-7,13H,1-5H2/t7-/m0/s1. The predicted octanol–water partition coefficient (Wildman–Crippen LogP) is 0.617. The van der Waals surface area contributed by atoms with Crippen LogP contribution in [0.5, 0.6) is 0 Å². The van der Waals surface area contributed by atoms with Gasteiger partial charge in [0, 0.05) is 26.2 Å². The molecule has 3 nitrogen and oxygen atoms in total. The van der Waals surface area contributed by atoms with E-state index < -0.39 is 12.1 Å². The molecule has 0 unspecified atom stereocenters. The van der Waals surface area contributed by atoms with Crippen LogP contribution >= 0.6 is 0 Å². The van der Waals surface area contributed by atoms with Crippen molar-refractivity contribution in [3.8, 4) is 0 Å². The Kier molecular flexibility index (Phi) is 2.62. The molecule has 1 amide bonds. The maximum Gasteiger partial charge on any atom is 0.393 e. The Morgan fingerprint density at radius 3 is 2.40 bits per heavy atom. The number of carbonyl (C=O) groups excluding carboxylic acids is 1. The lowest BCUT2D eigenvalue weighted by atomic mass is 10.0. The SMILES string of the molecule is O=C(C1CNC1)N1CC[C@H](C(F)(F)F)C1. The fourth-order valence-corrected chi connectivity index (χ4v) is 1.95. The molecule has 1 atom stereocenters. The summed E-state index contributed by atoms with van der Waals surface area (Å²) in [5.41, 5.74) is 0. The lowest BCUT2D eigenvalue weighted by molar-refractivity contribution is -0.171. The van der Waals surface area contributed by atoms with E-state index in [0.29, 0.717) is 13.1 Å². The number of amides is 1. The highest BCUT2D eigenvalue weighted by Crippen LogP contribution is 2.34. The number of rotatable bonds is 1. The van der Waals surface area contributed by atoms with Gasteiger partial charge in [0.15, 0.2) is 0 Å². The molecular weight excluding hydrogens is 209 g/mol. The molecule has 2 aliphatic heterocycles. The first kappa shape index (κ1) is 10.7. The number of halogens is 3. The van der Waals surface area contributed by atoms with E-state index in [1.165, 1.54) is 4.90 Å². The third kappa shape index (κ3) is 2.09. The van der Waals surface area contributed by atoms with Crippen molar-refractivity contribution in [3.63, 3.8) is 0 Å². The van der Waals surface area contributed by atoms with E-state index in [0.717, 1.165) is 0 Å². The molecule has 0 saturated carbocycles. The molecule has 0 spiro atoms.